The van der Waals surface area contributed by atoms with E-state index in [0.717, 1.165) is 19.5 Å². The van der Waals surface area contributed by atoms with E-state index < -0.39 is 0 Å². The summed E-state index contributed by atoms with van der Waals surface area (Å²) in [5.74, 6) is 0.0890. The van der Waals surface area contributed by atoms with Crippen molar-refractivity contribution in [2.75, 3.05) is 13.1 Å². The van der Waals surface area contributed by atoms with Crippen LogP contribution in [0.1, 0.15) is 35.4 Å². The highest BCUT2D eigenvalue weighted by Crippen LogP contribution is 2.22. The van der Waals surface area contributed by atoms with E-state index in [1.165, 1.54) is 9.13 Å². The van der Waals surface area contributed by atoms with Gasteiger partial charge < -0.3 is 9.47 Å². The highest BCUT2D eigenvalue weighted by atomic mass is 131. The molecule has 20 heavy (non-hydrogen) atoms. The third-order valence-corrected chi connectivity index (χ3v) is 4.52. The van der Waals surface area contributed by atoms with E-state index in [1.54, 1.807) is 12.5 Å². The second-order valence-electron chi connectivity index (χ2n) is 5.06. The van der Waals surface area contributed by atoms with Gasteiger partial charge in [0.15, 0.2) is 0 Å². The lowest BCUT2D eigenvalue weighted by Crippen LogP contribution is -2.42. The molecule has 5 heteroatoms. The quantitative estimate of drug-likeness (QED) is 0.763. The molecule has 0 N–H and O–H groups in total. The van der Waals surface area contributed by atoms with Crippen LogP contribution in [0.25, 0.3) is 0 Å². The fourth-order valence-corrected chi connectivity index (χ4v) is 2.72. The first-order chi connectivity index (χ1) is 9.66. The number of imidazole rings is 1. The SMILES string of the molecule is C[C@H](c1ccc([131I])cc1)n1cncc1C(=O)N1CCC1. The molecule has 0 spiro atoms. The molecular weight excluding hydrogens is 369 g/mol. The van der Waals surface area contributed by atoms with E-state index in [4.69, 9.17) is 0 Å². The predicted molar refractivity (Wildman–Crippen MR) is 85.7 cm³/mol. The van der Waals surface area contributed by atoms with Crippen molar-refractivity contribution in [1.29, 1.82) is 0 Å². The van der Waals surface area contributed by atoms with Crippen molar-refractivity contribution < 1.29 is 4.79 Å². The Bertz CT molecular complexity index is 616. The highest BCUT2D eigenvalue weighted by molar-refractivity contribution is 14.1. The number of likely N-dealkylation sites (tertiary alicyclic amines) is 1. The number of amides is 1. The molecule has 0 unspecified atom stereocenters. The minimum atomic E-state index is 0.0890. The highest BCUT2D eigenvalue weighted by Gasteiger charge is 2.25. The summed E-state index contributed by atoms with van der Waals surface area (Å²) in [7, 11) is 0. The number of nitrogens with zero attached hydrogens (tertiary/aromatic N) is 3. The summed E-state index contributed by atoms with van der Waals surface area (Å²) in [4.78, 5) is 18.4. The third kappa shape index (κ3) is 2.46. The van der Waals surface area contributed by atoms with Crippen LogP contribution < -0.4 is 0 Å². The molecule has 0 aliphatic carbocycles. The van der Waals surface area contributed by atoms with E-state index >= 15 is 0 Å². The first-order valence-electron chi connectivity index (χ1n) is 6.73. The first kappa shape index (κ1) is 13.6. The molecule has 0 bridgehead atoms. The smallest absolute Gasteiger partial charge is 0.272 e. The van der Waals surface area contributed by atoms with Crippen LogP contribution in [0.5, 0.6) is 0 Å². The topological polar surface area (TPSA) is 38.1 Å². The zero-order chi connectivity index (χ0) is 14.1. The molecule has 1 aromatic carbocycles. The zero-order valence-electron chi connectivity index (χ0n) is 11.3. The molecule has 0 saturated carbocycles. The standard InChI is InChI=1S/C15H16IN3O/c1-11(12-3-5-13(16)6-4-12)19-10-17-9-14(19)15(20)18-7-2-8-18/h3-6,9-11H,2,7-8H2,1H3/t11-/m1/s1/i16+4. The fraction of sp³-hybridized carbons (Fsp3) is 0.333. The van der Waals surface area contributed by atoms with Crippen molar-refractivity contribution in [3.8, 4) is 0 Å². The average molecular weight is 385 g/mol. The largest absolute Gasteiger partial charge is 0.337 e. The fourth-order valence-electron chi connectivity index (χ4n) is 2.36. The van der Waals surface area contributed by atoms with Crippen LogP contribution in [-0.2, 0) is 0 Å². The van der Waals surface area contributed by atoms with Crippen LogP contribution in [0.15, 0.2) is 36.8 Å². The van der Waals surface area contributed by atoms with E-state index in [2.05, 4.69) is 58.8 Å². The Morgan fingerprint density at radius 1 is 1.30 bits per heavy atom. The maximum absolute atomic E-state index is 12.4. The Labute approximate surface area is 131 Å². The van der Waals surface area contributed by atoms with Gasteiger partial charge in [0.25, 0.3) is 5.91 Å². The van der Waals surface area contributed by atoms with Gasteiger partial charge in [-0.1, -0.05) is 12.1 Å². The van der Waals surface area contributed by atoms with Gasteiger partial charge in [-0.25, -0.2) is 4.98 Å². The summed E-state index contributed by atoms with van der Waals surface area (Å²) >= 11 is 2.29. The van der Waals surface area contributed by atoms with Crippen LogP contribution in [0.2, 0.25) is 0 Å². The van der Waals surface area contributed by atoms with Crippen molar-refractivity contribution in [2.24, 2.45) is 0 Å². The van der Waals surface area contributed by atoms with Crippen molar-refractivity contribution in [2.45, 2.75) is 19.4 Å². The molecule has 2 aromatic rings. The van der Waals surface area contributed by atoms with Gasteiger partial charge in [0.2, 0.25) is 0 Å². The molecule has 1 atom stereocenters. The molecule has 104 valence electrons. The van der Waals surface area contributed by atoms with Crippen molar-refractivity contribution in [3.63, 3.8) is 0 Å². The molecule has 1 aromatic heterocycles. The summed E-state index contributed by atoms with van der Waals surface area (Å²) < 4.78 is 3.17. The summed E-state index contributed by atoms with van der Waals surface area (Å²) in [6.07, 6.45) is 4.52. The molecule has 2 heterocycles. The molecule has 1 fully saturated rings. The van der Waals surface area contributed by atoms with Crippen LogP contribution in [0.4, 0.5) is 0 Å². The first-order valence-corrected chi connectivity index (χ1v) is 7.81. The Morgan fingerprint density at radius 3 is 2.60 bits per heavy atom. The number of carbonyl (C=O) groups excluding carboxylic acids is 1. The molecule has 4 nitrogen and oxygen atoms in total. The number of rotatable bonds is 3. The van der Waals surface area contributed by atoms with Gasteiger partial charge >= 0.3 is 0 Å². The van der Waals surface area contributed by atoms with E-state index in [1.807, 2.05) is 9.47 Å². The predicted octanol–water partition coefficient (Wildman–Crippen LogP) is 2.94. The number of hydrogen-bond donors (Lipinski definition) is 0. The molecule has 1 saturated heterocycles. The van der Waals surface area contributed by atoms with Crippen molar-refractivity contribution >= 4 is 28.5 Å². The minimum absolute atomic E-state index is 0.0890. The van der Waals surface area contributed by atoms with Gasteiger partial charge in [0.1, 0.15) is 5.69 Å². The number of aromatic nitrogens is 2. The van der Waals surface area contributed by atoms with Gasteiger partial charge in [-0.3, -0.25) is 4.79 Å². The number of hydrogen-bond acceptors (Lipinski definition) is 2. The molecule has 0 radical (unpaired) electrons. The summed E-state index contributed by atoms with van der Waals surface area (Å²) in [5, 5.41) is 0. The zero-order valence-corrected chi connectivity index (χ0v) is 13.4. The number of benzene rings is 1. The lowest BCUT2D eigenvalue weighted by atomic mass is 10.1. The minimum Gasteiger partial charge on any atom is -0.337 e. The summed E-state index contributed by atoms with van der Waals surface area (Å²) in [6.45, 7) is 3.82. The van der Waals surface area contributed by atoms with Crippen LogP contribution in [0.3, 0.4) is 0 Å². The Balaban J connectivity index is 1.88. The Kier molecular flexibility index (Phi) is 3.78. The third-order valence-electron chi connectivity index (χ3n) is 3.80. The second-order valence-corrected chi connectivity index (χ2v) is 6.31. The molecular formula is C15H16IN3O. The van der Waals surface area contributed by atoms with Crippen molar-refractivity contribution in [3.05, 3.63) is 51.6 Å². The van der Waals surface area contributed by atoms with Gasteiger partial charge in [-0.15, -0.1) is 0 Å². The molecule has 3 rings (SSSR count). The lowest BCUT2D eigenvalue weighted by molar-refractivity contribution is 0.0639. The lowest BCUT2D eigenvalue weighted by Gasteiger charge is -2.31. The summed E-state index contributed by atoms with van der Waals surface area (Å²) in [5.41, 5.74) is 1.86. The maximum Gasteiger partial charge on any atom is 0.272 e. The van der Waals surface area contributed by atoms with Crippen LogP contribution >= 0.6 is 22.6 Å². The Hall–Kier alpha value is -1.37. The maximum atomic E-state index is 12.4. The Morgan fingerprint density at radius 2 is 2.00 bits per heavy atom. The van der Waals surface area contributed by atoms with Gasteiger partial charge in [0.05, 0.1) is 18.6 Å². The molecule has 1 aliphatic rings. The number of halogens is 1. The van der Waals surface area contributed by atoms with Gasteiger partial charge in [-0.05, 0) is 53.6 Å². The molecule has 1 aliphatic heterocycles. The second kappa shape index (κ2) is 5.55. The average Bonchev–Trinajstić information content (AvgIpc) is 2.85. The van der Waals surface area contributed by atoms with Gasteiger partial charge in [0, 0.05) is 16.7 Å². The van der Waals surface area contributed by atoms with Crippen LogP contribution in [-0.4, -0.2) is 33.4 Å². The molecule has 1 amide bonds. The van der Waals surface area contributed by atoms with E-state index in [-0.39, 0.29) is 11.9 Å². The van der Waals surface area contributed by atoms with Gasteiger partial charge in [-0.2, -0.15) is 0 Å². The van der Waals surface area contributed by atoms with Crippen molar-refractivity contribution in [1.82, 2.24) is 14.5 Å². The summed E-state index contributed by atoms with van der Waals surface area (Å²) in [6, 6.07) is 8.48. The van der Waals surface area contributed by atoms with E-state index in [0.29, 0.717) is 5.69 Å². The van der Waals surface area contributed by atoms with E-state index in [9.17, 15) is 4.79 Å². The van der Waals surface area contributed by atoms with Crippen LogP contribution in [0, 0.1) is 3.57 Å². The monoisotopic (exact) mass is 385 g/mol. The number of carbonyl (C=O) groups is 1. The normalized spacial score (nSPS) is 15.8.